The summed E-state index contributed by atoms with van der Waals surface area (Å²) >= 11 is 0. The van der Waals surface area contributed by atoms with Crippen molar-refractivity contribution < 1.29 is 0 Å². The maximum Gasteiger partial charge on any atom is 0.0249 e. The molecule has 2 nitrogen and oxygen atoms in total. The Labute approximate surface area is 82.5 Å². The molecule has 1 aliphatic carbocycles. The number of nitrogens with two attached hydrogens (primary N) is 1. The number of likely N-dealkylation sites (N-methyl/N-ethyl adjacent to an activating group) is 1. The monoisotopic (exact) mass is 184 g/mol. The summed E-state index contributed by atoms with van der Waals surface area (Å²) < 4.78 is 0. The van der Waals surface area contributed by atoms with E-state index in [0.717, 1.165) is 19.0 Å². The van der Waals surface area contributed by atoms with Crippen molar-refractivity contribution in [3.8, 4) is 0 Å². The van der Waals surface area contributed by atoms with Crippen LogP contribution in [0.4, 0.5) is 0 Å². The van der Waals surface area contributed by atoms with Crippen LogP contribution in [0.25, 0.3) is 0 Å². The van der Waals surface area contributed by atoms with E-state index in [0.29, 0.717) is 12.1 Å². The summed E-state index contributed by atoms with van der Waals surface area (Å²) in [6, 6.07) is 1.05. The van der Waals surface area contributed by atoms with Gasteiger partial charge in [-0.25, -0.2) is 0 Å². The Bertz CT molecular complexity index is 143. The molecule has 0 aliphatic heterocycles. The molecule has 0 aromatic carbocycles. The van der Waals surface area contributed by atoms with Crippen LogP contribution < -0.4 is 5.73 Å². The summed E-state index contributed by atoms with van der Waals surface area (Å²) in [5.41, 5.74) is 6.15. The summed E-state index contributed by atoms with van der Waals surface area (Å²) in [6.45, 7) is 9.09. The predicted octanol–water partition coefficient (Wildman–Crippen LogP) is 1.84. The highest BCUT2D eigenvalue weighted by molar-refractivity contribution is 4.87. The minimum absolute atomic E-state index is 0.413. The Morgan fingerprint density at radius 1 is 1.23 bits per heavy atom. The molecule has 0 bridgehead atoms. The van der Waals surface area contributed by atoms with Gasteiger partial charge in [-0.15, -0.1) is 0 Å². The molecule has 0 saturated heterocycles. The third-order valence-corrected chi connectivity index (χ3v) is 3.41. The van der Waals surface area contributed by atoms with Gasteiger partial charge < -0.3 is 5.73 Å². The lowest BCUT2D eigenvalue weighted by molar-refractivity contribution is 0.127. The van der Waals surface area contributed by atoms with Crippen molar-refractivity contribution in [3.63, 3.8) is 0 Å². The standard InChI is InChI=1S/C11H24N2/c1-4-13(5-2)11-8-9(3)6-7-10(11)12/h9-11H,4-8,12H2,1-3H3. The zero-order chi connectivity index (χ0) is 9.84. The van der Waals surface area contributed by atoms with Gasteiger partial charge in [0.25, 0.3) is 0 Å². The van der Waals surface area contributed by atoms with E-state index in [-0.39, 0.29) is 0 Å². The molecule has 0 aromatic heterocycles. The summed E-state index contributed by atoms with van der Waals surface area (Å²) in [5.74, 6) is 0.866. The first kappa shape index (κ1) is 11.0. The molecule has 3 unspecified atom stereocenters. The SMILES string of the molecule is CCN(CC)C1CC(C)CCC1N. The number of hydrogen-bond donors (Lipinski definition) is 1. The first-order valence-corrected chi connectivity index (χ1v) is 5.68. The maximum atomic E-state index is 6.15. The molecule has 1 aliphatic rings. The average Bonchev–Trinajstić information content (AvgIpc) is 2.13. The Morgan fingerprint density at radius 2 is 1.85 bits per heavy atom. The number of rotatable bonds is 3. The minimum atomic E-state index is 0.413. The molecular formula is C11H24N2. The maximum absolute atomic E-state index is 6.15. The topological polar surface area (TPSA) is 29.3 Å². The van der Waals surface area contributed by atoms with E-state index < -0.39 is 0 Å². The summed E-state index contributed by atoms with van der Waals surface area (Å²) in [5, 5.41) is 0. The van der Waals surface area contributed by atoms with Crippen molar-refractivity contribution in [2.75, 3.05) is 13.1 Å². The molecule has 0 heterocycles. The molecule has 13 heavy (non-hydrogen) atoms. The smallest absolute Gasteiger partial charge is 0.0249 e. The van der Waals surface area contributed by atoms with Crippen molar-refractivity contribution in [1.82, 2.24) is 4.90 Å². The molecular weight excluding hydrogens is 160 g/mol. The van der Waals surface area contributed by atoms with Crippen LogP contribution in [0.5, 0.6) is 0 Å². The molecule has 1 saturated carbocycles. The average molecular weight is 184 g/mol. The number of hydrogen-bond acceptors (Lipinski definition) is 2. The van der Waals surface area contributed by atoms with Crippen LogP contribution >= 0.6 is 0 Å². The molecule has 3 atom stereocenters. The molecule has 1 rings (SSSR count). The summed E-state index contributed by atoms with van der Waals surface area (Å²) in [4.78, 5) is 2.51. The van der Waals surface area contributed by atoms with Crippen LogP contribution in [-0.4, -0.2) is 30.1 Å². The molecule has 2 N–H and O–H groups in total. The van der Waals surface area contributed by atoms with Crippen molar-refractivity contribution in [2.45, 2.75) is 52.1 Å². The van der Waals surface area contributed by atoms with E-state index in [2.05, 4.69) is 25.7 Å². The van der Waals surface area contributed by atoms with Gasteiger partial charge in [-0.1, -0.05) is 20.8 Å². The van der Waals surface area contributed by atoms with Gasteiger partial charge in [-0.3, -0.25) is 4.90 Å². The zero-order valence-electron chi connectivity index (χ0n) is 9.29. The van der Waals surface area contributed by atoms with Gasteiger partial charge in [0.15, 0.2) is 0 Å². The summed E-state index contributed by atoms with van der Waals surface area (Å²) in [7, 11) is 0. The molecule has 0 spiro atoms. The molecule has 1 fully saturated rings. The first-order chi connectivity index (χ1) is 6.19. The van der Waals surface area contributed by atoms with E-state index in [4.69, 9.17) is 5.73 Å². The second-order valence-electron chi connectivity index (χ2n) is 4.37. The van der Waals surface area contributed by atoms with E-state index in [1.54, 1.807) is 0 Å². The van der Waals surface area contributed by atoms with Crippen LogP contribution in [0.15, 0.2) is 0 Å². The molecule has 0 radical (unpaired) electrons. The van der Waals surface area contributed by atoms with Crippen molar-refractivity contribution in [3.05, 3.63) is 0 Å². The quantitative estimate of drug-likeness (QED) is 0.725. The Kier molecular flexibility index (Phi) is 4.20. The molecule has 78 valence electrons. The van der Waals surface area contributed by atoms with E-state index in [1.807, 2.05) is 0 Å². The molecule has 2 heteroatoms. The highest BCUT2D eigenvalue weighted by atomic mass is 15.2. The second kappa shape index (κ2) is 4.97. The minimum Gasteiger partial charge on any atom is -0.326 e. The fraction of sp³-hybridized carbons (Fsp3) is 1.00. The van der Waals surface area contributed by atoms with Crippen molar-refractivity contribution in [2.24, 2.45) is 11.7 Å². The van der Waals surface area contributed by atoms with Crippen LogP contribution in [-0.2, 0) is 0 Å². The summed E-state index contributed by atoms with van der Waals surface area (Å²) in [6.07, 6.45) is 3.82. The third-order valence-electron chi connectivity index (χ3n) is 3.41. The highest BCUT2D eigenvalue weighted by Gasteiger charge is 2.28. The first-order valence-electron chi connectivity index (χ1n) is 5.68. The van der Waals surface area contributed by atoms with Crippen LogP contribution in [0, 0.1) is 5.92 Å². The predicted molar refractivity (Wildman–Crippen MR) is 57.7 cm³/mol. The van der Waals surface area contributed by atoms with Gasteiger partial charge in [0, 0.05) is 12.1 Å². The van der Waals surface area contributed by atoms with Crippen molar-refractivity contribution in [1.29, 1.82) is 0 Å². The highest BCUT2D eigenvalue weighted by Crippen LogP contribution is 2.26. The van der Waals surface area contributed by atoms with Gasteiger partial charge in [-0.2, -0.15) is 0 Å². The number of nitrogens with zero attached hydrogens (tertiary/aromatic N) is 1. The molecule has 0 aromatic rings. The lowest BCUT2D eigenvalue weighted by Gasteiger charge is -2.39. The van der Waals surface area contributed by atoms with E-state index in [1.165, 1.54) is 19.3 Å². The Morgan fingerprint density at radius 3 is 2.38 bits per heavy atom. The largest absolute Gasteiger partial charge is 0.326 e. The van der Waals surface area contributed by atoms with Gasteiger partial charge >= 0.3 is 0 Å². The van der Waals surface area contributed by atoms with Gasteiger partial charge in [0.05, 0.1) is 0 Å². The fourth-order valence-electron chi connectivity index (χ4n) is 2.49. The lowest BCUT2D eigenvalue weighted by Crippen LogP contribution is -2.50. The van der Waals surface area contributed by atoms with Gasteiger partial charge in [-0.05, 0) is 38.3 Å². The normalized spacial score (nSPS) is 35.3. The van der Waals surface area contributed by atoms with E-state index >= 15 is 0 Å². The van der Waals surface area contributed by atoms with Gasteiger partial charge in [0.1, 0.15) is 0 Å². The van der Waals surface area contributed by atoms with E-state index in [9.17, 15) is 0 Å². The van der Waals surface area contributed by atoms with Crippen molar-refractivity contribution >= 4 is 0 Å². The fourth-order valence-corrected chi connectivity index (χ4v) is 2.49. The van der Waals surface area contributed by atoms with Gasteiger partial charge in [0.2, 0.25) is 0 Å². The van der Waals surface area contributed by atoms with Crippen LogP contribution in [0.2, 0.25) is 0 Å². The lowest BCUT2D eigenvalue weighted by atomic mass is 9.83. The Balaban J connectivity index is 2.53. The third kappa shape index (κ3) is 2.68. The van der Waals surface area contributed by atoms with Crippen LogP contribution in [0.1, 0.15) is 40.0 Å². The zero-order valence-corrected chi connectivity index (χ0v) is 9.29. The van der Waals surface area contributed by atoms with Crippen LogP contribution in [0.3, 0.4) is 0 Å². The molecule has 0 amide bonds. The Hall–Kier alpha value is -0.0800. The second-order valence-corrected chi connectivity index (χ2v) is 4.37.